The van der Waals surface area contributed by atoms with Gasteiger partial charge in [0.15, 0.2) is 6.61 Å². The first-order chi connectivity index (χ1) is 16.0. The normalized spacial score (nSPS) is 20.1. The maximum atomic E-state index is 12.4. The SMILES string of the molecule is O=C(COC(=O)CN1C(=O)[C@H]2CCCC[C@H]2C1=O)Nc1ccc(N=Nc2ccccc2)cc1. The summed E-state index contributed by atoms with van der Waals surface area (Å²) in [7, 11) is 0. The fraction of sp³-hybridized carbons (Fsp3) is 0.333. The van der Waals surface area contributed by atoms with Crippen LogP contribution in [0.4, 0.5) is 17.1 Å². The number of fused-ring (bicyclic) bond motifs is 1. The van der Waals surface area contributed by atoms with Gasteiger partial charge < -0.3 is 10.1 Å². The number of esters is 1. The monoisotopic (exact) mass is 448 g/mol. The molecule has 2 fully saturated rings. The van der Waals surface area contributed by atoms with E-state index in [-0.39, 0.29) is 23.7 Å². The molecule has 1 N–H and O–H groups in total. The third-order valence-electron chi connectivity index (χ3n) is 5.77. The molecule has 0 bridgehead atoms. The molecule has 3 amide bonds. The molecule has 0 spiro atoms. The highest BCUT2D eigenvalue weighted by atomic mass is 16.5. The summed E-state index contributed by atoms with van der Waals surface area (Å²) in [6.45, 7) is -0.976. The van der Waals surface area contributed by atoms with Crippen molar-refractivity contribution in [2.45, 2.75) is 25.7 Å². The Balaban J connectivity index is 1.23. The van der Waals surface area contributed by atoms with Crippen molar-refractivity contribution in [2.75, 3.05) is 18.5 Å². The molecule has 1 saturated heterocycles. The summed E-state index contributed by atoms with van der Waals surface area (Å²) >= 11 is 0. The van der Waals surface area contributed by atoms with Gasteiger partial charge in [0.2, 0.25) is 11.8 Å². The zero-order valence-electron chi connectivity index (χ0n) is 18.0. The number of benzene rings is 2. The Kier molecular flexibility index (Phi) is 6.87. The molecule has 0 radical (unpaired) electrons. The number of imide groups is 1. The molecule has 33 heavy (non-hydrogen) atoms. The summed E-state index contributed by atoms with van der Waals surface area (Å²) in [4.78, 5) is 50.0. The second-order valence-corrected chi connectivity index (χ2v) is 8.05. The molecule has 2 aromatic rings. The molecule has 0 aromatic heterocycles. The summed E-state index contributed by atoms with van der Waals surface area (Å²) in [5.41, 5.74) is 1.85. The van der Waals surface area contributed by atoms with Crippen LogP contribution in [0.15, 0.2) is 64.8 Å². The predicted molar refractivity (Wildman–Crippen MR) is 119 cm³/mol. The van der Waals surface area contributed by atoms with Crippen LogP contribution in [0.5, 0.6) is 0 Å². The topological polar surface area (TPSA) is 118 Å². The number of amides is 3. The van der Waals surface area contributed by atoms with Gasteiger partial charge in [-0.3, -0.25) is 24.1 Å². The maximum absolute atomic E-state index is 12.4. The van der Waals surface area contributed by atoms with E-state index in [1.54, 1.807) is 24.3 Å². The number of hydrogen-bond donors (Lipinski definition) is 1. The van der Waals surface area contributed by atoms with Crippen LogP contribution >= 0.6 is 0 Å². The van der Waals surface area contributed by atoms with Crippen LogP contribution in [-0.4, -0.2) is 41.7 Å². The first-order valence-corrected chi connectivity index (χ1v) is 10.9. The Labute approximate surface area is 190 Å². The second-order valence-electron chi connectivity index (χ2n) is 8.05. The average Bonchev–Trinajstić information content (AvgIpc) is 3.08. The Morgan fingerprint density at radius 3 is 2.06 bits per heavy atom. The molecule has 9 heteroatoms. The van der Waals surface area contributed by atoms with Gasteiger partial charge in [-0.2, -0.15) is 10.2 Å². The number of rotatable bonds is 7. The molecule has 0 unspecified atom stereocenters. The van der Waals surface area contributed by atoms with Crippen molar-refractivity contribution in [3.63, 3.8) is 0 Å². The van der Waals surface area contributed by atoms with Gasteiger partial charge in [0.1, 0.15) is 6.54 Å². The van der Waals surface area contributed by atoms with Crippen LogP contribution in [0.3, 0.4) is 0 Å². The molecule has 2 aromatic carbocycles. The van der Waals surface area contributed by atoms with E-state index in [0.717, 1.165) is 23.4 Å². The Morgan fingerprint density at radius 2 is 1.45 bits per heavy atom. The summed E-state index contributed by atoms with van der Waals surface area (Å²) in [6, 6.07) is 16.0. The summed E-state index contributed by atoms with van der Waals surface area (Å²) in [6.07, 6.45) is 3.18. The first kappa shape index (κ1) is 22.3. The number of carbonyl (C=O) groups is 4. The zero-order valence-corrected chi connectivity index (χ0v) is 18.0. The van der Waals surface area contributed by atoms with Crippen LogP contribution < -0.4 is 5.32 Å². The predicted octanol–water partition coefficient (Wildman–Crippen LogP) is 3.76. The van der Waals surface area contributed by atoms with Crippen molar-refractivity contribution in [2.24, 2.45) is 22.1 Å². The average molecular weight is 448 g/mol. The van der Waals surface area contributed by atoms with Gasteiger partial charge in [0, 0.05) is 5.69 Å². The minimum atomic E-state index is -0.790. The minimum Gasteiger partial charge on any atom is -0.454 e. The van der Waals surface area contributed by atoms with Crippen LogP contribution in [0.1, 0.15) is 25.7 Å². The number of nitrogens with one attached hydrogen (secondary N) is 1. The van der Waals surface area contributed by atoms with E-state index in [9.17, 15) is 19.2 Å². The van der Waals surface area contributed by atoms with Gasteiger partial charge in [-0.05, 0) is 49.2 Å². The number of hydrogen-bond acceptors (Lipinski definition) is 7. The molecule has 1 heterocycles. The molecule has 2 atom stereocenters. The smallest absolute Gasteiger partial charge is 0.326 e. The van der Waals surface area contributed by atoms with Gasteiger partial charge in [-0.15, -0.1) is 0 Å². The van der Waals surface area contributed by atoms with Gasteiger partial charge in [0.05, 0.1) is 23.2 Å². The Bertz CT molecular complexity index is 1040. The third kappa shape index (κ3) is 5.49. The summed E-state index contributed by atoms with van der Waals surface area (Å²) in [5, 5.41) is 10.9. The van der Waals surface area contributed by atoms with E-state index < -0.39 is 25.0 Å². The molecule has 4 rings (SSSR count). The Morgan fingerprint density at radius 1 is 0.879 bits per heavy atom. The highest BCUT2D eigenvalue weighted by molar-refractivity contribution is 6.07. The van der Waals surface area contributed by atoms with Gasteiger partial charge >= 0.3 is 5.97 Å². The molecular weight excluding hydrogens is 424 g/mol. The van der Waals surface area contributed by atoms with E-state index in [2.05, 4.69) is 15.5 Å². The van der Waals surface area contributed by atoms with Crippen molar-refractivity contribution in [1.29, 1.82) is 0 Å². The van der Waals surface area contributed by atoms with Crippen LogP contribution in [-0.2, 0) is 23.9 Å². The van der Waals surface area contributed by atoms with Crippen molar-refractivity contribution in [3.8, 4) is 0 Å². The molecule has 9 nitrogen and oxygen atoms in total. The molecule has 1 saturated carbocycles. The van der Waals surface area contributed by atoms with Crippen molar-refractivity contribution >= 4 is 40.8 Å². The standard InChI is InChI=1S/C24H24N4O5/c29-21(25-16-10-12-18(13-11-16)27-26-17-6-2-1-3-7-17)15-33-22(30)14-28-23(31)19-8-4-5-9-20(19)24(28)32/h1-3,6-7,10-13,19-20H,4-5,8-9,14-15H2,(H,25,29)/t19-,20+. The second kappa shape index (κ2) is 10.2. The molecule has 1 aliphatic carbocycles. The van der Waals surface area contributed by atoms with E-state index in [4.69, 9.17) is 4.74 Å². The lowest BCUT2D eigenvalue weighted by Gasteiger charge is -2.19. The fourth-order valence-corrected chi connectivity index (χ4v) is 4.13. The highest BCUT2D eigenvalue weighted by Gasteiger charge is 2.48. The molecule has 1 aliphatic heterocycles. The van der Waals surface area contributed by atoms with Crippen molar-refractivity contribution in [1.82, 2.24) is 4.90 Å². The number of carbonyl (C=O) groups excluding carboxylic acids is 4. The largest absolute Gasteiger partial charge is 0.454 e. The third-order valence-corrected chi connectivity index (χ3v) is 5.77. The van der Waals surface area contributed by atoms with Gasteiger partial charge in [-0.25, -0.2) is 0 Å². The first-order valence-electron chi connectivity index (χ1n) is 10.9. The Hall–Kier alpha value is -3.88. The minimum absolute atomic E-state index is 0.310. The molecule has 170 valence electrons. The summed E-state index contributed by atoms with van der Waals surface area (Å²) < 4.78 is 4.97. The van der Waals surface area contributed by atoms with Gasteiger partial charge in [-0.1, -0.05) is 31.0 Å². The van der Waals surface area contributed by atoms with Crippen molar-refractivity contribution < 1.29 is 23.9 Å². The lowest BCUT2D eigenvalue weighted by Crippen LogP contribution is -2.37. The summed E-state index contributed by atoms with van der Waals surface area (Å²) in [5.74, 6) is -2.58. The maximum Gasteiger partial charge on any atom is 0.326 e. The van der Waals surface area contributed by atoms with Crippen LogP contribution in [0, 0.1) is 11.8 Å². The van der Waals surface area contributed by atoms with E-state index >= 15 is 0 Å². The van der Waals surface area contributed by atoms with Crippen molar-refractivity contribution in [3.05, 3.63) is 54.6 Å². The fourth-order valence-electron chi connectivity index (χ4n) is 4.13. The lowest BCUT2D eigenvalue weighted by atomic mass is 9.81. The quantitative estimate of drug-likeness (QED) is 0.393. The highest BCUT2D eigenvalue weighted by Crippen LogP contribution is 2.37. The van der Waals surface area contributed by atoms with Gasteiger partial charge in [0.25, 0.3) is 5.91 Å². The lowest BCUT2D eigenvalue weighted by molar-refractivity contribution is -0.154. The number of ether oxygens (including phenoxy) is 1. The van der Waals surface area contributed by atoms with Crippen LogP contribution in [0.25, 0.3) is 0 Å². The zero-order chi connectivity index (χ0) is 23.2. The number of anilines is 1. The molecule has 2 aliphatic rings. The molecular formula is C24H24N4O5. The van der Waals surface area contributed by atoms with E-state index in [1.807, 2.05) is 30.3 Å². The number of nitrogens with zero attached hydrogens (tertiary/aromatic N) is 3. The van der Waals surface area contributed by atoms with E-state index in [1.165, 1.54) is 0 Å². The van der Waals surface area contributed by atoms with Crippen LogP contribution in [0.2, 0.25) is 0 Å². The number of likely N-dealkylation sites (tertiary alicyclic amines) is 1. The van der Waals surface area contributed by atoms with E-state index in [0.29, 0.717) is 24.2 Å². The number of azo groups is 1.